The van der Waals surface area contributed by atoms with E-state index in [1.54, 1.807) is 30.7 Å². The molecule has 1 aromatic carbocycles. The lowest BCUT2D eigenvalue weighted by molar-refractivity contribution is 0.0697. The Hall–Kier alpha value is -2.63. The quantitative estimate of drug-likeness (QED) is 0.757. The maximum Gasteiger partial charge on any atom is 0.335 e. The summed E-state index contributed by atoms with van der Waals surface area (Å²) in [6.07, 6.45) is 3.44. The zero-order valence-electron chi connectivity index (χ0n) is 10.5. The Morgan fingerprint density at radius 3 is 2.74 bits per heavy atom. The zero-order chi connectivity index (χ0) is 13.6. The van der Waals surface area contributed by atoms with Crippen molar-refractivity contribution in [2.75, 3.05) is 0 Å². The maximum absolute atomic E-state index is 11.0. The minimum absolute atomic E-state index is 0.238. The second-order valence-electron chi connectivity index (χ2n) is 4.39. The summed E-state index contributed by atoms with van der Waals surface area (Å²) >= 11 is 0. The van der Waals surface area contributed by atoms with Crippen LogP contribution in [0.4, 0.5) is 0 Å². The fraction of sp³-hybridized carbons (Fsp3) is 0.154. The van der Waals surface area contributed by atoms with Crippen molar-refractivity contribution in [3.63, 3.8) is 0 Å². The molecule has 2 aromatic heterocycles. The van der Waals surface area contributed by atoms with Gasteiger partial charge in [0, 0.05) is 14.1 Å². The third-order valence-electron chi connectivity index (χ3n) is 3.17. The lowest BCUT2D eigenvalue weighted by atomic mass is 10.2. The minimum atomic E-state index is -0.949. The number of aromatic nitrogens is 4. The second kappa shape index (κ2) is 3.94. The van der Waals surface area contributed by atoms with Gasteiger partial charge in [0.05, 0.1) is 29.1 Å². The van der Waals surface area contributed by atoms with Gasteiger partial charge in [-0.05, 0) is 18.2 Å². The highest BCUT2D eigenvalue weighted by Gasteiger charge is 2.14. The lowest BCUT2D eigenvalue weighted by Gasteiger charge is -2.02. The molecule has 0 bridgehead atoms. The van der Waals surface area contributed by atoms with Crippen molar-refractivity contribution in [2.45, 2.75) is 0 Å². The zero-order valence-corrected chi connectivity index (χ0v) is 10.5. The smallest absolute Gasteiger partial charge is 0.335 e. The molecule has 3 rings (SSSR count). The standard InChI is InChI=1S/C13H12N4O2/c1-16-7-14-6-11(16)12-15-9-5-8(13(18)19)3-4-10(9)17(12)2/h3-7H,1-2H3,(H,18,19). The fourth-order valence-corrected chi connectivity index (χ4v) is 2.13. The molecule has 0 aliphatic heterocycles. The Labute approximate surface area is 108 Å². The molecule has 6 nitrogen and oxygen atoms in total. The van der Waals surface area contributed by atoms with Crippen molar-refractivity contribution in [1.82, 2.24) is 19.1 Å². The fourth-order valence-electron chi connectivity index (χ4n) is 2.13. The van der Waals surface area contributed by atoms with E-state index in [2.05, 4.69) is 9.97 Å². The van der Waals surface area contributed by atoms with Crippen LogP contribution in [0.3, 0.4) is 0 Å². The highest BCUT2D eigenvalue weighted by molar-refractivity contribution is 5.93. The van der Waals surface area contributed by atoms with Crippen molar-refractivity contribution >= 4 is 17.0 Å². The first-order valence-corrected chi connectivity index (χ1v) is 5.74. The summed E-state index contributed by atoms with van der Waals surface area (Å²) in [7, 11) is 3.79. The van der Waals surface area contributed by atoms with Crippen LogP contribution in [0.5, 0.6) is 0 Å². The van der Waals surface area contributed by atoms with Gasteiger partial charge in [0.25, 0.3) is 0 Å². The van der Waals surface area contributed by atoms with Crippen LogP contribution in [0.1, 0.15) is 10.4 Å². The van der Waals surface area contributed by atoms with Crippen molar-refractivity contribution in [2.24, 2.45) is 14.1 Å². The largest absolute Gasteiger partial charge is 0.478 e. The number of aryl methyl sites for hydroxylation is 2. The van der Waals surface area contributed by atoms with Crippen LogP contribution in [-0.2, 0) is 14.1 Å². The Kier molecular flexibility index (Phi) is 2.38. The number of imidazole rings is 2. The van der Waals surface area contributed by atoms with Crippen LogP contribution in [0, 0.1) is 0 Å². The van der Waals surface area contributed by atoms with Gasteiger partial charge in [-0.15, -0.1) is 0 Å². The molecule has 0 saturated carbocycles. The number of rotatable bonds is 2. The normalized spacial score (nSPS) is 11.1. The van der Waals surface area contributed by atoms with E-state index in [-0.39, 0.29) is 5.56 Å². The number of aromatic carboxylic acids is 1. The molecule has 0 aliphatic carbocycles. The first-order chi connectivity index (χ1) is 9.08. The number of fused-ring (bicyclic) bond motifs is 1. The summed E-state index contributed by atoms with van der Waals surface area (Å²) in [5.74, 6) is -0.188. The molecule has 0 fully saturated rings. The first-order valence-electron chi connectivity index (χ1n) is 5.74. The lowest BCUT2D eigenvalue weighted by Crippen LogP contribution is -1.97. The topological polar surface area (TPSA) is 72.9 Å². The number of hydrogen-bond acceptors (Lipinski definition) is 3. The van der Waals surface area contributed by atoms with Crippen LogP contribution in [0.25, 0.3) is 22.6 Å². The molecule has 96 valence electrons. The summed E-state index contributed by atoms with van der Waals surface area (Å²) < 4.78 is 3.80. The van der Waals surface area contributed by atoms with E-state index >= 15 is 0 Å². The highest BCUT2D eigenvalue weighted by atomic mass is 16.4. The molecule has 6 heteroatoms. The Morgan fingerprint density at radius 1 is 1.32 bits per heavy atom. The summed E-state index contributed by atoms with van der Waals surface area (Å²) in [5, 5.41) is 9.00. The Morgan fingerprint density at radius 2 is 2.11 bits per heavy atom. The number of hydrogen-bond donors (Lipinski definition) is 1. The van der Waals surface area contributed by atoms with Crippen LogP contribution in [-0.4, -0.2) is 30.2 Å². The Balaban J connectivity index is 2.26. The summed E-state index contributed by atoms with van der Waals surface area (Å²) in [5.41, 5.74) is 2.68. The predicted molar refractivity (Wildman–Crippen MR) is 69.9 cm³/mol. The van der Waals surface area contributed by atoms with Gasteiger partial charge in [0.1, 0.15) is 5.69 Å². The molecule has 0 atom stereocenters. The van der Waals surface area contributed by atoms with Gasteiger partial charge in [0.15, 0.2) is 5.82 Å². The Bertz CT molecular complexity index is 785. The molecule has 1 N–H and O–H groups in total. The van der Waals surface area contributed by atoms with Crippen LogP contribution in [0.15, 0.2) is 30.7 Å². The number of nitrogens with zero attached hydrogens (tertiary/aromatic N) is 4. The molecule has 0 unspecified atom stereocenters. The molecule has 0 saturated heterocycles. The van der Waals surface area contributed by atoms with Crippen LogP contribution in [0.2, 0.25) is 0 Å². The van der Waals surface area contributed by atoms with E-state index in [0.717, 1.165) is 17.0 Å². The second-order valence-corrected chi connectivity index (χ2v) is 4.39. The summed E-state index contributed by atoms with van der Waals surface area (Å²) in [6.45, 7) is 0. The number of benzene rings is 1. The van der Waals surface area contributed by atoms with E-state index in [1.807, 2.05) is 23.2 Å². The van der Waals surface area contributed by atoms with E-state index in [4.69, 9.17) is 5.11 Å². The summed E-state index contributed by atoms with van der Waals surface area (Å²) in [6, 6.07) is 4.93. The molecule has 2 heterocycles. The van der Waals surface area contributed by atoms with Crippen molar-refractivity contribution in [1.29, 1.82) is 0 Å². The first kappa shape index (κ1) is 11.5. The van der Waals surface area contributed by atoms with Gasteiger partial charge in [0.2, 0.25) is 0 Å². The molecule has 0 amide bonds. The van der Waals surface area contributed by atoms with Gasteiger partial charge in [-0.25, -0.2) is 14.8 Å². The number of carboxylic acid groups (broad SMARTS) is 1. The van der Waals surface area contributed by atoms with Gasteiger partial charge in [-0.3, -0.25) is 0 Å². The number of carboxylic acids is 1. The van der Waals surface area contributed by atoms with Crippen LogP contribution < -0.4 is 0 Å². The van der Waals surface area contributed by atoms with Crippen molar-refractivity contribution in [3.05, 3.63) is 36.3 Å². The molecule has 0 spiro atoms. The van der Waals surface area contributed by atoms with E-state index in [0.29, 0.717) is 5.52 Å². The van der Waals surface area contributed by atoms with Gasteiger partial charge >= 0.3 is 5.97 Å². The molecule has 0 radical (unpaired) electrons. The maximum atomic E-state index is 11.0. The molecule has 19 heavy (non-hydrogen) atoms. The SMILES string of the molecule is Cn1cncc1-c1nc2cc(C(=O)O)ccc2n1C. The summed E-state index contributed by atoms with van der Waals surface area (Å²) in [4.78, 5) is 19.5. The molecule has 0 aliphatic rings. The van der Waals surface area contributed by atoms with E-state index in [1.165, 1.54) is 0 Å². The van der Waals surface area contributed by atoms with E-state index in [9.17, 15) is 4.79 Å². The molecule has 3 aromatic rings. The molecular formula is C13H12N4O2. The monoisotopic (exact) mass is 256 g/mol. The number of carbonyl (C=O) groups is 1. The van der Waals surface area contributed by atoms with E-state index < -0.39 is 5.97 Å². The van der Waals surface area contributed by atoms with Crippen molar-refractivity contribution < 1.29 is 9.90 Å². The van der Waals surface area contributed by atoms with Crippen molar-refractivity contribution in [3.8, 4) is 11.5 Å². The van der Waals surface area contributed by atoms with Gasteiger partial charge in [-0.1, -0.05) is 0 Å². The molecular weight excluding hydrogens is 244 g/mol. The predicted octanol–water partition coefficient (Wildman–Crippen LogP) is 1.67. The average molecular weight is 256 g/mol. The van der Waals surface area contributed by atoms with Crippen LogP contribution >= 0.6 is 0 Å². The minimum Gasteiger partial charge on any atom is -0.478 e. The average Bonchev–Trinajstić information content (AvgIpc) is 2.93. The third-order valence-corrected chi connectivity index (χ3v) is 3.17. The van der Waals surface area contributed by atoms with Gasteiger partial charge < -0.3 is 14.2 Å². The third kappa shape index (κ3) is 1.69. The highest BCUT2D eigenvalue weighted by Crippen LogP contribution is 2.23. The van der Waals surface area contributed by atoms with Gasteiger partial charge in [-0.2, -0.15) is 0 Å².